The number of carbonyl (C=O) groups excluding carboxylic acids is 1. The van der Waals surface area contributed by atoms with E-state index in [1.165, 1.54) is 5.70 Å². The summed E-state index contributed by atoms with van der Waals surface area (Å²) >= 11 is 1.58. The third-order valence-corrected chi connectivity index (χ3v) is 5.34. The summed E-state index contributed by atoms with van der Waals surface area (Å²) in [6, 6.07) is -0.0399. The monoisotopic (exact) mass is 306 g/mol. The number of nitrogens with zero attached hydrogens (tertiary/aromatic N) is 2. The van der Waals surface area contributed by atoms with Gasteiger partial charge in [-0.15, -0.1) is 11.3 Å². The number of fused-ring (bicyclic) bond motifs is 1. The molecule has 1 aliphatic heterocycles. The van der Waals surface area contributed by atoms with Crippen molar-refractivity contribution >= 4 is 17.2 Å². The maximum absolute atomic E-state index is 12.9. The number of amides is 1. The first-order chi connectivity index (χ1) is 10.2. The number of likely N-dealkylation sites (N-methyl/N-ethyl adjacent to an activating group) is 1. The van der Waals surface area contributed by atoms with E-state index in [0.717, 1.165) is 42.8 Å². The van der Waals surface area contributed by atoms with Crippen LogP contribution in [0.5, 0.6) is 0 Å². The van der Waals surface area contributed by atoms with Crippen LogP contribution < -0.4 is 10.6 Å². The van der Waals surface area contributed by atoms with Crippen LogP contribution in [0.1, 0.15) is 35.9 Å². The van der Waals surface area contributed by atoms with E-state index in [2.05, 4.69) is 21.7 Å². The van der Waals surface area contributed by atoms with Gasteiger partial charge in [-0.3, -0.25) is 4.79 Å². The van der Waals surface area contributed by atoms with Gasteiger partial charge in [0, 0.05) is 25.7 Å². The SMILES string of the molecule is CNC1=CC(N2CCc3ncsc3C(NC)C2=O)CCC1. The first-order valence-corrected chi connectivity index (χ1v) is 8.41. The predicted molar refractivity (Wildman–Crippen MR) is 84.1 cm³/mol. The zero-order chi connectivity index (χ0) is 14.8. The minimum Gasteiger partial charge on any atom is -0.392 e. The first kappa shape index (κ1) is 14.5. The molecule has 2 N–H and O–H groups in total. The van der Waals surface area contributed by atoms with E-state index >= 15 is 0 Å². The Morgan fingerprint density at radius 2 is 2.24 bits per heavy atom. The third kappa shape index (κ3) is 2.70. The number of carbonyl (C=O) groups is 1. The molecule has 0 saturated carbocycles. The standard InChI is InChI=1S/C15H22N4OS/c1-16-10-4-3-5-11(8-10)19-7-6-12-14(21-9-18-12)13(17-2)15(19)20/h8-9,11,13,16-17H,3-7H2,1-2H3. The minimum absolute atomic E-state index is 0.180. The van der Waals surface area contributed by atoms with Crippen LogP contribution in [0.15, 0.2) is 17.3 Å². The Balaban J connectivity index is 1.87. The fourth-order valence-electron chi connectivity index (χ4n) is 3.25. The Hall–Kier alpha value is -1.40. The highest BCUT2D eigenvalue weighted by atomic mass is 32.1. The summed E-state index contributed by atoms with van der Waals surface area (Å²) in [7, 11) is 3.81. The fraction of sp³-hybridized carbons (Fsp3) is 0.600. The lowest BCUT2D eigenvalue weighted by atomic mass is 9.98. The zero-order valence-electron chi connectivity index (χ0n) is 12.6. The van der Waals surface area contributed by atoms with Crippen LogP contribution in [0.25, 0.3) is 0 Å². The molecule has 3 rings (SSSR count). The van der Waals surface area contributed by atoms with E-state index < -0.39 is 0 Å². The predicted octanol–water partition coefficient (Wildman–Crippen LogP) is 1.44. The van der Waals surface area contributed by atoms with Crippen molar-refractivity contribution in [3.63, 3.8) is 0 Å². The van der Waals surface area contributed by atoms with Crippen molar-refractivity contribution in [2.24, 2.45) is 0 Å². The van der Waals surface area contributed by atoms with Crippen LogP contribution in [0.2, 0.25) is 0 Å². The Bertz CT molecular complexity index is 554. The topological polar surface area (TPSA) is 57.3 Å². The Kier molecular flexibility index (Phi) is 4.26. The van der Waals surface area contributed by atoms with Crippen molar-refractivity contribution < 1.29 is 4.79 Å². The van der Waals surface area contributed by atoms with Gasteiger partial charge in [0.25, 0.3) is 0 Å². The lowest BCUT2D eigenvalue weighted by Crippen LogP contribution is -2.45. The van der Waals surface area contributed by atoms with Gasteiger partial charge in [0.15, 0.2) is 0 Å². The second-order valence-corrected chi connectivity index (χ2v) is 6.45. The van der Waals surface area contributed by atoms with Gasteiger partial charge in [-0.2, -0.15) is 0 Å². The smallest absolute Gasteiger partial charge is 0.245 e. The molecular weight excluding hydrogens is 284 g/mol. The minimum atomic E-state index is -0.247. The molecule has 1 aliphatic carbocycles. The maximum Gasteiger partial charge on any atom is 0.245 e. The van der Waals surface area contributed by atoms with Crippen LogP contribution in [-0.2, 0) is 11.2 Å². The Morgan fingerprint density at radius 3 is 3.00 bits per heavy atom. The van der Waals surface area contributed by atoms with Gasteiger partial charge in [-0.1, -0.05) is 0 Å². The van der Waals surface area contributed by atoms with Crippen molar-refractivity contribution in [1.29, 1.82) is 0 Å². The molecule has 2 atom stereocenters. The van der Waals surface area contributed by atoms with E-state index in [1.807, 2.05) is 24.5 Å². The number of thiazole rings is 1. The van der Waals surface area contributed by atoms with Gasteiger partial charge in [0.2, 0.25) is 5.91 Å². The third-order valence-electron chi connectivity index (χ3n) is 4.40. The number of nitrogens with one attached hydrogen (secondary N) is 2. The molecule has 0 fully saturated rings. The molecule has 5 nitrogen and oxygen atoms in total. The molecule has 1 amide bonds. The van der Waals surface area contributed by atoms with Crippen LogP contribution in [0.4, 0.5) is 0 Å². The van der Waals surface area contributed by atoms with E-state index in [-0.39, 0.29) is 18.0 Å². The van der Waals surface area contributed by atoms with Gasteiger partial charge in [0.05, 0.1) is 22.1 Å². The van der Waals surface area contributed by atoms with E-state index in [1.54, 1.807) is 11.3 Å². The number of aromatic nitrogens is 1. The molecular formula is C15H22N4OS. The van der Waals surface area contributed by atoms with Crippen molar-refractivity contribution in [1.82, 2.24) is 20.5 Å². The lowest BCUT2D eigenvalue weighted by Gasteiger charge is -2.33. The van der Waals surface area contributed by atoms with Gasteiger partial charge in [-0.25, -0.2) is 4.98 Å². The highest BCUT2D eigenvalue weighted by Crippen LogP contribution is 2.30. The summed E-state index contributed by atoms with van der Waals surface area (Å²) < 4.78 is 0. The van der Waals surface area contributed by atoms with Gasteiger partial charge in [0.1, 0.15) is 6.04 Å². The van der Waals surface area contributed by atoms with Gasteiger partial charge in [-0.05, 0) is 32.4 Å². The van der Waals surface area contributed by atoms with Crippen LogP contribution >= 0.6 is 11.3 Å². The molecule has 0 spiro atoms. The van der Waals surface area contributed by atoms with E-state index in [4.69, 9.17) is 0 Å². The van der Waals surface area contributed by atoms with Crippen molar-refractivity contribution in [3.05, 3.63) is 27.9 Å². The van der Waals surface area contributed by atoms with Crippen molar-refractivity contribution in [2.75, 3.05) is 20.6 Å². The number of hydrogen-bond donors (Lipinski definition) is 2. The Labute approximate surface area is 129 Å². The van der Waals surface area contributed by atoms with Gasteiger partial charge >= 0.3 is 0 Å². The molecule has 114 valence electrons. The van der Waals surface area contributed by atoms with E-state index in [9.17, 15) is 4.79 Å². The van der Waals surface area contributed by atoms with Gasteiger partial charge < -0.3 is 15.5 Å². The second kappa shape index (κ2) is 6.15. The first-order valence-electron chi connectivity index (χ1n) is 7.53. The summed E-state index contributed by atoms with van der Waals surface area (Å²) in [6.45, 7) is 0.756. The molecule has 1 aromatic heterocycles. The molecule has 0 bridgehead atoms. The second-order valence-electron chi connectivity index (χ2n) is 5.57. The quantitative estimate of drug-likeness (QED) is 0.887. The summed E-state index contributed by atoms with van der Waals surface area (Å²) in [5.41, 5.74) is 4.17. The summed E-state index contributed by atoms with van der Waals surface area (Å²) in [5.74, 6) is 0.180. The van der Waals surface area contributed by atoms with Crippen LogP contribution in [0.3, 0.4) is 0 Å². The number of allylic oxidation sites excluding steroid dienone is 1. The van der Waals surface area contributed by atoms with Crippen LogP contribution in [0, 0.1) is 0 Å². The van der Waals surface area contributed by atoms with E-state index in [0.29, 0.717) is 0 Å². The molecule has 0 aromatic carbocycles. The highest BCUT2D eigenvalue weighted by Gasteiger charge is 2.35. The molecule has 21 heavy (non-hydrogen) atoms. The Morgan fingerprint density at radius 1 is 1.38 bits per heavy atom. The van der Waals surface area contributed by atoms with Crippen LogP contribution in [-0.4, -0.2) is 42.5 Å². The molecule has 0 saturated heterocycles. The average molecular weight is 306 g/mol. The summed E-state index contributed by atoms with van der Waals surface area (Å²) in [5, 5.41) is 6.41. The van der Waals surface area contributed by atoms with Crippen molar-refractivity contribution in [2.45, 2.75) is 37.8 Å². The fourth-order valence-corrected chi connectivity index (χ4v) is 4.19. The van der Waals surface area contributed by atoms with Crippen molar-refractivity contribution in [3.8, 4) is 0 Å². The maximum atomic E-state index is 12.9. The normalized spacial score (nSPS) is 26.1. The molecule has 2 heterocycles. The molecule has 6 heteroatoms. The number of hydrogen-bond acceptors (Lipinski definition) is 5. The average Bonchev–Trinajstić information content (AvgIpc) is 2.92. The highest BCUT2D eigenvalue weighted by molar-refractivity contribution is 7.10. The largest absolute Gasteiger partial charge is 0.392 e. The number of rotatable bonds is 3. The molecule has 2 aliphatic rings. The summed E-state index contributed by atoms with van der Waals surface area (Å²) in [6.07, 6.45) is 6.34. The summed E-state index contributed by atoms with van der Waals surface area (Å²) in [4.78, 5) is 20.5. The molecule has 0 radical (unpaired) electrons. The lowest BCUT2D eigenvalue weighted by molar-refractivity contribution is -0.134. The molecule has 2 unspecified atom stereocenters. The molecule has 1 aromatic rings. The zero-order valence-corrected chi connectivity index (χ0v) is 13.4.